The van der Waals surface area contributed by atoms with Gasteiger partial charge in [-0.05, 0) is 13.0 Å². The number of aryl methyl sites for hydroxylation is 1. The maximum Gasteiger partial charge on any atom is 0.159 e. The first-order chi connectivity index (χ1) is 8.29. The van der Waals surface area contributed by atoms with Gasteiger partial charge in [0, 0.05) is 5.56 Å². The van der Waals surface area contributed by atoms with Gasteiger partial charge in [-0.2, -0.15) is 0 Å². The van der Waals surface area contributed by atoms with Gasteiger partial charge in [0.2, 0.25) is 0 Å². The molecule has 0 unspecified atom stereocenters. The zero-order chi connectivity index (χ0) is 12.1. The smallest absolute Gasteiger partial charge is 0.159 e. The maximum atomic E-state index is 8.62. The molecule has 0 spiro atoms. The van der Waals surface area contributed by atoms with E-state index in [0.29, 0.717) is 11.6 Å². The van der Waals surface area contributed by atoms with E-state index in [1.165, 1.54) is 5.56 Å². The average Bonchev–Trinajstić information content (AvgIpc) is 2.37. The van der Waals surface area contributed by atoms with Crippen molar-refractivity contribution in [3.8, 4) is 17.1 Å². The molecule has 0 saturated heterocycles. The molecular weight excluding hydrogens is 216 g/mol. The van der Waals surface area contributed by atoms with Crippen molar-refractivity contribution in [3.05, 3.63) is 42.2 Å². The summed E-state index contributed by atoms with van der Waals surface area (Å²) in [5.74, 6) is 1.24. The molecule has 1 aromatic heterocycles. The summed E-state index contributed by atoms with van der Waals surface area (Å²) in [6.07, 6.45) is 3.22. The molecule has 1 N–H and O–H groups in total. The highest BCUT2D eigenvalue weighted by Gasteiger charge is 2.01. The van der Waals surface area contributed by atoms with Crippen molar-refractivity contribution in [2.45, 2.75) is 6.92 Å². The van der Waals surface area contributed by atoms with Gasteiger partial charge < -0.3 is 9.84 Å². The van der Waals surface area contributed by atoms with Crippen LogP contribution in [0.1, 0.15) is 5.56 Å². The van der Waals surface area contributed by atoms with Gasteiger partial charge in [-0.15, -0.1) is 0 Å². The van der Waals surface area contributed by atoms with E-state index in [-0.39, 0.29) is 13.2 Å². The van der Waals surface area contributed by atoms with Crippen LogP contribution >= 0.6 is 0 Å². The summed E-state index contributed by atoms with van der Waals surface area (Å²) >= 11 is 0. The Morgan fingerprint density at radius 2 is 2.00 bits per heavy atom. The lowest BCUT2D eigenvalue weighted by Gasteiger charge is -2.04. The predicted molar refractivity (Wildman–Crippen MR) is 64.8 cm³/mol. The molecule has 0 radical (unpaired) electrons. The second kappa shape index (κ2) is 5.41. The average molecular weight is 230 g/mol. The van der Waals surface area contributed by atoms with Gasteiger partial charge in [0.05, 0.1) is 19.0 Å². The number of aliphatic hydroxyl groups excluding tert-OH is 1. The van der Waals surface area contributed by atoms with E-state index in [0.717, 1.165) is 5.56 Å². The molecule has 88 valence electrons. The highest BCUT2D eigenvalue weighted by molar-refractivity contribution is 5.55. The summed E-state index contributed by atoms with van der Waals surface area (Å²) in [6, 6.07) is 8.01. The molecule has 0 fully saturated rings. The number of hydrogen-bond donors (Lipinski definition) is 1. The highest BCUT2D eigenvalue weighted by atomic mass is 16.5. The third-order valence-electron chi connectivity index (χ3n) is 2.26. The summed E-state index contributed by atoms with van der Waals surface area (Å²) in [5.41, 5.74) is 2.16. The van der Waals surface area contributed by atoms with E-state index in [2.05, 4.69) is 9.97 Å². The van der Waals surface area contributed by atoms with Crippen molar-refractivity contribution in [1.29, 1.82) is 0 Å². The molecular formula is C13H14N2O2. The van der Waals surface area contributed by atoms with Gasteiger partial charge in [0.25, 0.3) is 0 Å². The van der Waals surface area contributed by atoms with Gasteiger partial charge in [-0.1, -0.05) is 23.8 Å². The number of nitrogens with zero attached hydrogens (tertiary/aromatic N) is 2. The van der Waals surface area contributed by atoms with Gasteiger partial charge in [-0.25, -0.2) is 9.97 Å². The first-order valence-corrected chi connectivity index (χ1v) is 5.42. The number of aliphatic hydroxyl groups is 1. The molecule has 2 aromatic rings. The zero-order valence-corrected chi connectivity index (χ0v) is 9.63. The Labute approximate surface area is 99.9 Å². The van der Waals surface area contributed by atoms with Gasteiger partial charge in [0.15, 0.2) is 11.6 Å². The first-order valence-electron chi connectivity index (χ1n) is 5.42. The van der Waals surface area contributed by atoms with Crippen molar-refractivity contribution >= 4 is 0 Å². The fraction of sp³-hybridized carbons (Fsp3) is 0.231. The third kappa shape index (κ3) is 3.01. The van der Waals surface area contributed by atoms with Crippen LogP contribution in [-0.2, 0) is 0 Å². The lowest BCUT2D eigenvalue weighted by molar-refractivity contribution is 0.200. The minimum atomic E-state index is -0.0143. The number of benzene rings is 1. The van der Waals surface area contributed by atoms with Gasteiger partial charge in [0.1, 0.15) is 6.61 Å². The van der Waals surface area contributed by atoms with E-state index in [1.54, 1.807) is 12.4 Å². The van der Waals surface area contributed by atoms with Crippen LogP contribution in [0.2, 0.25) is 0 Å². The minimum absolute atomic E-state index is 0.0143. The standard InChI is InChI=1S/C13H14N2O2/c1-10-3-2-4-11(7-10)13-14-8-12(9-15-13)17-6-5-16/h2-4,7-9,16H,5-6H2,1H3. The Balaban J connectivity index is 2.17. The van der Waals surface area contributed by atoms with Gasteiger partial charge in [-0.3, -0.25) is 0 Å². The lowest BCUT2D eigenvalue weighted by Crippen LogP contribution is -2.02. The second-order valence-electron chi connectivity index (χ2n) is 3.68. The van der Waals surface area contributed by atoms with E-state index >= 15 is 0 Å². The van der Waals surface area contributed by atoms with E-state index < -0.39 is 0 Å². The molecule has 1 aromatic carbocycles. The molecule has 1 heterocycles. The first kappa shape index (κ1) is 11.5. The SMILES string of the molecule is Cc1cccc(-c2ncc(OCCO)cn2)c1. The molecule has 0 saturated carbocycles. The van der Waals surface area contributed by atoms with Crippen LogP contribution in [0.25, 0.3) is 11.4 Å². The van der Waals surface area contributed by atoms with Crippen LogP contribution in [0.5, 0.6) is 5.75 Å². The normalized spacial score (nSPS) is 10.2. The number of aromatic nitrogens is 2. The summed E-state index contributed by atoms with van der Waals surface area (Å²) in [7, 11) is 0. The van der Waals surface area contributed by atoms with Crippen molar-refractivity contribution in [2.24, 2.45) is 0 Å². The largest absolute Gasteiger partial charge is 0.488 e. The topological polar surface area (TPSA) is 55.2 Å². The minimum Gasteiger partial charge on any atom is -0.488 e. The van der Waals surface area contributed by atoms with Crippen LogP contribution in [0.3, 0.4) is 0 Å². The van der Waals surface area contributed by atoms with Crippen LogP contribution in [0, 0.1) is 6.92 Å². The fourth-order valence-electron chi connectivity index (χ4n) is 1.49. The van der Waals surface area contributed by atoms with Crippen molar-refractivity contribution < 1.29 is 9.84 Å². The van der Waals surface area contributed by atoms with Gasteiger partial charge >= 0.3 is 0 Å². The van der Waals surface area contributed by atoms with E-state index in [9.17, 15) is 0 Å². The molecule has 4 heteroatoms. The van der Waals surface area contributed by atoms with Crippen molar-refractivity contribution in [3.63, 3.8) is 0 Å². The second-order valence-corrected chi connectivity index (χ2v) is 3.68. The van der Waals surface area contributed by atoms with Crippen molar-refractivity contribution in [2.75, 3.05) is 13.2 Å². The Morgan fingerprint density at radius 3 is 2.65 bits per heavy atom. The number of ether oxygens (including phenoxy) is 1. The third-order valence-corrected chi connectivity index (χ3v) is 2.26. The van der Waals surface area contributed by atoms with Crippen LogP contribution in [0.4, 0.5) is 0 Å². The maximum absolute atomic E-state index is 8.62. The monoisotopic (exact) mass is 230 g/mol. The molecule has 4 nitrogen and oxygen atoms in total. The molecule has 0 aliphatic carbocycles. The predicted octanol–water partition coefficient (Wildman–Crippen LogP) is 1.82. The Kier molecular flexibility index (Phi) is 3.67. The molecule has 17 heavy (non-hydrogen) atoms. The summed E-state index contributed by atoms with van der Waals surface area (Å²) in [6.45, 7) is 2.27. The van der Waals surface area contributed by atoms with E-state index in [4.69, 9.17) is 9.84 Å². The Morgan fingerprint density at radius 1 is 1.24 bits per heavy atom. The lowest BCUT2D eigenvalue weighted by atomic mass is 10.1. The molecule has 2 rings (SSSR count). The highest BCUT2D eigenvalue weighted by Crippen LogP contribution is 2.17. The summed E-state index contributed by atoms with van der Waals surface area (Å²) in [5, 5.41) is 8.62. The zero-order valence-electron chi connectivity index (χ0n) is 9.63. The van der Waals surface area contributed by atoms with Crippen molar-refractivity contribution in [1.82, 2.24) is 9.97 Å². The quantitative estimate of drug-likeness (QED) is 0.870. The summed E-state index contributed by atoms with van der Waals surface area (Å²) < 4.78 is 5.19. The van der Waals surface area contributed by atoms with E-state index in [1.807, 2.05) is 31.2 Å². The Bertz CT molecular complexity index is 483. The molecule has 0 atom stereocenters. The van der Waals surface area contributed by atoms with Crippen LogP contribution in [-0.4, -0.2) is 28.3 Å². The molecule has 0 aliphatic heterocycles. The van der Waals surface area contributed by atoms with Crippen LogP contribution < -0.4 is 4.74 Å². The fourth-order valence-corrected chi connectivity index (χ4v) is 1.49. The molecule has 0 bridgehead atoms. The summed E-state index contributed by atoms with van der Waals surface area (Å²) in [4.78, 5) is 8.45. The molecule has 0 amide bonds. The van der Waals surface area contributed by atoms with Crippen LogP contribution in [0.15, 0.2) is 36.7 Å². The number of rotatable bonds is 4. The number of hydrogen-bond acceptors (Lipinski definition) is 4. The Hall–Kier alpha value is -1.94. The molecule has 0 aliphatic rings.